The Morgan fingerprint density at radius 1 is 1.35 bits per heavy atom. The second-order valence-corrected chi connectivity index (χ2v) is 3.34. The van der Waals surface area contributed by atoms with Gasteiger partial charge in [0.05, 0.1) is 14.2 Å². The summed E-state index contributed by atoms with van der Waals surface area (Å²) >= 11 is 0. The third-order valence-electron chi connectivity index (χ3n) is 2.22. The number of carboxylic acid groups (broad SMARTS) is 1. The minimum atomic E-state index is -1.10. The molecule has 0 aliphatic rings. The van der Waals surface area contributed by atoms with Crippen LogP contribution in [0.5, 0.6) is 11.5 Å². The normalized spacial score (nSPS) is 11.2. The highest BCUT2D eigenvalue weighted by Crippen LogP contribution is 2.32. The number of hydrogen-bond acceptors (Lipinski definition) is 3. The molecule has 0 saturated carbocycles. The Morgan fingerprint density at radius 3 is 2.47 bits per heavy atom. The van der Waals surface area contributed by atoms with E-state index < -0.39 is 11.8 Å². The van der Waals surface area contributed by atoms with Crippen LogP contribution >= 0.6 is 0 Å². The molecule has 0 amide bonds. The molecule has 1 aromatic rings. The van der Waals surface area contributed by atoms with E-state index in [1.54, 1.807) is 0 Å². The number of methoxy groups -OCH3 is 2. The molecule has 92 valence electrons. The Bertz CT molecular complexity index is 466. The lowest BCUT2D eigenvalue weighted by atomic mass is 10.1. The van der Waals surface area contributed by atoms with Crippen LogP contribution in [0.15, 0.2) is 17.7 Å². The topological polar surface area (TPSA) is 55.8 Å². The van der Waals surface area contributed by atoms with Gasteiger partial charge in [0.15, 0.2) is 17.3 Å². The molecule has 0 aromatic heterocycles. The van der Waals surface area contributed by atoms with Gasteiger partial charge in [-0.2, -0.15) is 0 Å². The van der Waals surface area contributed by atoms with Gasteiger partial charge in [-0.25, -0.2) is 9.18 Å². The summed E-state index contributed by atoms with van der Waals surface area (Å²) in [7, 11) is 2.72. The smallest absolute Gasteiger partial charge is 0.331 e. The average Bonchev–Trinajstić information content (AvgIpc) is 2.31. The van der Waals surface area contributed by atoms with Crippen LogP contribution in [0.4, 0.5) is 4.39 Å². The molecule has 0 saturated heterocycles. The minimum absolute atomic E-state index is 0.0381. The fourth-order valence-electron chi connectivity index (χ4n) is 1.31. The Labute approximate surface area is 98.3 Å². The van der Waals surface area contributed by atoms with Gasteiger partial charge in [-0.15, -0.1) is 0 Å². The van der Waals surface area contributed by atoms with Crippen LogP contribution in [0.1, 0.15) is 12.5 Å². The molecule has 1 rings (SSSR count). The third kappa shape index (κ3) is 2.75. The second-order valence-electron chi connectivity index (χ2n) is 3.34. The highest BCUT2D eigenvalue weighted by atomic mass is 19.1. The van der Waals surface area contributed by atoms with E-state index in [0.29, 0.717) is 0 Å². The molecule has 17 heavy (non-hydrogen) atoms. The van der Waals surface area contributed by atoms with Crippen LogP contribution in [-0.4, -0.2) is 25.3 Å². The van der Waals surface area contributed by atoms with Gasteiger partial charge >= 0.3 is 5.97 Å². The van der Waals surface area contributed by atoms with Gasteiger partial charge in [0.2, 0.25) is 0 Å². The van der Waals surface area contributed by atoms with E-state index in [9.17, 15) is 9.18 Å². The van der Waals surface area contributed by atoms with Crippen LogP contribution in [0, 0.1) is 5.82 Å². The fraction of sp³-hybridized carbons (Fsp3) is 0.250. The number of aliphatic carboxylic acids is 1. The predicted molar refractivity (Wildman–Crippen MR) is 60.8 cm³/mol. The highest BCUT2D eigenvalue weighted by Gasteiger charge is 2.14. The van der Waals surface area contributed by atoms with Gasteiger partial charge in [-0.1, -0.05) is 0 Å². The first-order valence-corrected chi connectivity index (χ1v) is 4.83. The number of ether oxygens (including phenoxy) is 2. The maximum Gasteiger partial charge on any atom is 0.331 e. The molecule has 0 spiro atoms. The second kappa shape index (κ2) is 5.34. The SMILES string of the molecule is COc1ccc(/C=C(\C)C(=O)O)c(F)c1OC. The highest BCUT2D eigenvalue weighted by molar-refractivity contribution is 5.91. The Balaban J connectivity index is 3.29. The molecular formula is C12H13FO4. The molecule has 0 radical (unpaired) electrons. The van der Waals surface area contributed by atoms with E-state index in [1.165, 1.54) is 39.4 Å². The van der Waals surface area contributed by atoms with Crippen molar-refractivity contribution in [2.45, 2.75) is 6.92 Å². The summed E-state index contributed by atoms with van der Waals surface area (Å²) in [6.45, 7) is 1.39. The fourth-order valence-corrected chi connectivity index (χ4v) is 1.31. The van der Waals surface area contributed by atoms with E-state index >= 15 is 0 Å². The van der Waals surface area contributed by atoms with Crippen molar-refractivity contribution in [1.29, 1.82) is 0 Å². The lowest BCUT2D eigenvalue weighted by molar-refractivity contribution is -0.132. The van der Waals surface area contributed by atoms with Crippen LogP contribution in [0.2, 0.25) is 0 Å². The molecular weight excluding hydrogens is 227 g/mol. The van der Waals surface area contributed by atoms with E-state index in [-0.39, 0.29) is 22.6 Å². The van der Waals surface area contributed by atoms with E-state index in [1.807, 2.05) is 0 Å². The average molecular weight is 240 g/mol. The van der Waals surface area contributed by atoms with Gasteiger partial charge in [-0.05, 0) is 25.1 Å². The summed E-state index contributed by atoms with van der Waals surface area (Å²) in [6, 6.07) is 2.95. The summed E-state index contributed by atoms with van der Waals surface area (Å²) in [5.41, 5.74) is 0.179. The van der Waals surface area contributed by atoms with Crippen molar-refractivity contribution in [2.75, 3.05) is 14.2 Å². The molecule has 0 atom stereocenters. The van der Waals surface area contributed by atoms with Crippen LogP contribution in [-0.2, 0) is 4.79 Å². The molecule has 0 fully saturated rings. The zero-order chi connectivity index (χ0) is 13.0. The number of carboxylic acids is 1. The number of carbonyl (C=O) groups is 1. The van der Waals surface area contributed by atoms with Gasteiger partial charge in [0, 0.05) is 11.1 Å². The Morgan fingerprint density at radius 2 is 2.00 bits per heavy atom. The largest absolute Gasteiger partial charge is 0.493 e. The van der Waals surface area contributed by atoms with Crippen molar-refractivity contribution < 1.29 is 23.8 Å². The molecule has 1 aromatic carbocycles. The third-order valence-corrected chi connectivity index (χ3v) is 2.22. The molecule has 1 N–H and O–H groups in total. The maximum atomic E-state index is 13.9. The lowest BCUT2D eigenvalue weighted by Crippen LogP contribution is -1.98. The van der Waals surface area contributed by atoms with Crippen molar-refractivity contribution >= 4 is 12.0 Å². The molecule has 5 heteroatoms. The van der Waals surface area contributed by atoms with E-state index in [2.05, 4.69) is 0 Å². The van der Waals surface area contributed by atoms with Gasteiger partial charge < -0.3 is 14.6 Å². The van der Waals surface area contributed by atoms with E-state index in [0.717, 1.165) is 0 Å². The van der Waals surface area contributed by atoms with Gasteiger partial charge in [-0.3, -0.25) is 0 Å². The molecule has 4 nitrogen and oxygen atoms in total. The number of benzene rings is 1. The van der Waals surface area contributed by atoms with Gasteiger partial charge in [0.1, 0.15) is 0 Å². The predicted octanol–water partition coefficient (Wildman–Crippen LogP) is 2.33. The number of rotatable bonds is 4. The zero-order valence-corrected chi connectivity index (χ0v) is 9.78. The first-order chi connectivity index (χ1) is 8.01. The summed E-state index contributed by atoms with van der Waals surface area (Å²) in [4.78, 5) is 10.6. The van der Waals surface area contributed by atoms with Crippen molar-refractivity contribution in [3.05, 3.63) is 29.1 Å². The maximum absolute atomic E-state index is 13.9. The molecule has 0 bridgehead atoms. The lowest BCUT2D eigenvalue weighted by Gasteiger charge is -2.10. The van der Waals surface area contributed by atoms with Crippen molar-refractivity contribution in [1.82, 2.24) is 0 Å². The Hall–Kier alpha value is -2.04. The van der Waals surface area contributed by atoms with E-state index in [4.69, 9.17) is 14.6 Å². The summed E-state index contributed by atoms with van der Waals surface area (Å²) < 4.78 is 23.7. The summed E-state index contributed by atoms with van der Waals surface area (Å²) in [6.07, 6.45) is 1.24. The number of halogens is 1. The molecule has 0 aliphatic heterocycles. The van der Waals surface area contributed by atoms with Gasteiger partial charge in [0.25, 0.3) is 0 Å². The monoisotopic (exact) mass is 240 g/mol. The van der Waals surface area contributed by atoms with Crippen molar-refractivity contribution in [2.24, 2.45) is 0 Å². The Kier molecular flexibility index (Phi) is 4.09. The van der Waals surface area contributed by atoms with Crippen molar-refractivity contribution in [3.8, 4) is 11.5 Å². The van der Waals surface area contributed by atoms with Crippen LogP contribution in [0.3, 0.4) is 0 Å². The molecule has 0 unspecified atom stereocenters. The first kappa shape index (κ1) is 13.0. The summed E-state index contributed by atoms with van der Waals surface area (Å²) in [5.74, 6) is -1.53. The quantitative estimate of drug-likeness (QED) is 0.820. The van der Waals surface area contributed by atoms with Crippen LogP contribution < -0.4 is 9.47 Å². The summed E-state index contributed by atoms with van der Waals surface area (Å²) in [5, 5.41) is 8.71. The first-order valence-electron chi connectivity index (χ1n) is 4.83. The number of hydrogen-bond donors (Lipinski definition) is 1. The van der Waals surface area contributed by atoms with Crippen molar-refractivity contribution in [3.63, 3.8) is 0 Å². The minimum Gasteiger partial charge on any atom is -0.493 e. The van der Waals surface area contributed by atoms with Crippen LogP contribution in [0.25, 0.3) is 6.08 Å². The molecule has 0 heterocycles. The molecule has 0 aliphatic carbocycles. The zero-order valence-electron chi connectivity index (χ0n) is 9.78. The standard InChI is InChI=1S/C12H13FO4/c1-7(12(14)15)6-8-4-5-9(16-2)11(17-3)10(8)13/h4-6H,1-3H3,(H,14,15)/b7-6+.